The average Bonchev–Trinajstić information content (AvgIpc) is 3.02. The second-order valence-electron chi connectivity index (χ2n) is 5.09. The van der Waals surface area contributed by atoms with E-state index in [9.17, 15) is 0 Å². The van der Waals surface area contributed by atoms with Crippen molar-refractivity contribution < 1.29 is 9.47 Å². The molecule has 2 heterocycles. The fourth-order valence-corrected chi connectivity index (χ4v) is 3.61. The summed E-state index contributed by atoms with van der Waals surface area (Å²) in [5.74, 6) is 3.01. The lowest BCUT2D eigenvalue weighted by atomic mass is 10.1. The van der Waals surface area contributed by atoms with E-state index in [1.165, 1.54) is 4.90 Å². The van der Waals surface area contributed by atoms with Crippen LogP contribution in [0, 0.1) is 0 Å². The lowest BCUT2D eigenvalue weighted by Crippen LogP contribution is -2.47. The number of rotatable bonds is 5. The smallest absolute Gasteiger partial charge is 0.133 e. The third-order valence-corrected chi connectivity index (χ3v) is 4.70. The molecule has 3 nitrogen and oxygen atoms in total. The van der Waals surface area contributed by atoms with Crippen molar-refractivity contribution in [2.45, 2.75) is 36.8 Å². The van der Waals surface area contributed by atoms with Gasteiger partial charge in [0.1, 0.15) is 23.7 Å². The molecule has 20 heavy (non-hydrogen) atoms. The van der Waals surface area contributed by atoms with E-state index in [4.69, 9.17) is 9.47 Å². The first-order valence-corrected chi connectivity index (χ1v) is 8.31. The third kappa shape index (κ3) is 2.96. The van der Waals surface area contributed by atoms with Crippen molar-refractivity contribution in [3.8, 4) is 5.75 Å². The SMILES string of the molecule is CCCNC(C1=CCCO1)C1CSc2ccccc2O1. The van der Waals surface area contributed by atoms with Crippen molar-refractivity contribution in [2.75, 3.05) is 18.9 Å². The highest BCUT2D eigenvalue weighted by Crippen LogP contribution is 2.36. The van der Waals surface area contributed by atoms with E-state index < -0.39 is 0 Å². The van der Waals surface area contributed by atoms with Gasteiger partial charge in [0.05, 0.1) is 6.61 Å². The Bertz CT molecular complexity index is 489. The van der Waals surface area contributed by atoms with Crippen LogP contribution in [0.1, 0.15) is 19.8 Å². The van der Waals surface area contributed by atoms with Crippen LogP contribution in [0.5, 0.6) is 5.75 Å². The van der Waals surface area contributed by atoms with Crippen molar-refractivity contribution >= 4 is 11.8 Å². The van der Waals surface area contributed by atoms with Gasteiger partial charge in [-0.2, -0.15) is 0 Å². The Kier molecular flexibility index (Phi) is 4.53. The summed E-state index contributed by atoms with van der Waals surface area (Å²) < 4.78 is 12.0. The molecule has 2 aliphatic rings. The van der Waals surface area contributed by atoms with Crippen LogP contribution in [0.15, 0.2) is 41.0 Å². The molecule has 1 aromatic carbocycles. The Morgan fingerprint density at radius 3 is 3.10 bits per heavy atom. The van der Waals surface area contributed by atoms with Gasteiger partial charge in [-0.15, -0.1) is 11.8 Å². The molecule has 0 radical (unpaired) electrons. The van der Waals surface area contributed by atoms with Gasteiger partial charge < -0.3 is 14.8 Å². The quantitative estimate of drug-likeness (QED) is 0.902. The van der Waals surface area contributed by atoms with Crippen LogP contribution >= 0.6 is 11.8 Å². The predicted octanol–water partition coefficient (Wildman–Crippen LogP) is 3.21. The van der Waals surface area contributed by atoms with Gasteiger partial charge in [-0.1, -0.05) is 19.1 Å². The van der Waals surface area contributed by atoms with Crippen LogP contribution in [-0.4, -0.2) is 31.1 Å². The van der Waals surface area contributed by atoms with Gasteiger partial charge in [0.2, 0.25) is 0 Å². The molecule has 1 N–H and O–H groups in total. The van der Waals surface area contributed by atoms with Gasteiger partial charge in [0.15, 0.2) is 0 Å². The highest BCUT2D eigenvalue weighted by Gasteiger charge is 2.32. The molecular weight excluding hydrogens is 270 g/mol. The highest BCUT2D eigenvalue weighted by molar-refractivity contribution is 7.99. The largest absolute Gasteiger partial charge is 0.496 e. The van der Waals surface area contributed by atoms with Crippen LogP contribution in [-0.2, 0) is 4.74 Å². The molecule has 108 valence electrons. The minimum atomic E-state index is 0.130. The third-order valence-electron chi connectivity index (χ3n) is 3.56. The average molecular weight is 291 g/mol. The summed E-state index contributed by atoms with van der Waals surface area (Å²) >= 11 is 1.87. The molecule has 2 aliphatic heterocycles. The number of fused-ring (bicyclic) bond motifs is 1. The molecule has 0 amide bonds. The molecular formula is C16H21NO2S. The van der Waals surface area contributed by atoms with E-state index in [1.54, 1.807) is 0 Å². The number of hydrogen-bond donors (Lipinski definition) is 1. The Hall–Kier alpha value is -1.13. The molecule has 0 saturated carbocycles. The topological polar surface area (TPSA) is 30.5 Å². The minimum absolute atomic E-state index is 0.130. The zero-order chi connectivity index (χ0) is 13.8. The molecule has 0 spiro atoms. The maximum atomic E-state index is 6.20. The molecule has 0 bridgehead atoms. The first-order chi connectivity index (χ1) is 9.88. The number of thioether (sulfide) groups is 1. The van der Waals surface area contributed by atoms with E-state index in [0.29, 0.717) is 0 Å². The Labute approximate surface area is 124 Å². The molecule has 0 saturated heterocycles. The molecule has 1 aromatic rings. The van der Waals surface area contributed by atoms with Gasteiger partial charge in [0.25, 0.3) is 0 Å². The second-order valence-corrected chi connectivity index (χ2v) is 6.15. The molecule has 2 atom stereocenters. The van der Waals surface area contributed by atoms with Gasteiger partial charge >= 0.3 is 0 Å². The van der Waals surface area contributed by atoms with Gasteiger partial charge in [-0.3, -0.25) is 0 Å². The van der Waals surface area contributed by atoms with Gasteiger partial charge in [0, 0.05) is 17.1 Å². The Morgan fingerprint density at radius 2 is 2.30 bits per heavy atom. The van der Waals surface area contributed by atoms with Gasteiger partial charge in [-0.05, 0) is 31.2 Å². The number of para-hydroxylation sites is 1. The van der Waals surface area contributed by atoms with Crippen LogP contribution in [0.3, 0.4) is 0 Å². The number of ether oxygens (including phenoxy) is 2. The van der Waals surface area contributed by atoms with E-state index in [1.807, 2.05) is 17.8 Å². The van der Waals surface area contributed by atoms with Crippen molar-refractivity contribution in [3.63, 3.8) is 0 Å². The van der Waals surface area contributed by atoms with Crippen LogP contribution in [0.2, 0.25) is 0 Å². The first kappa shape index (κ1) is 13.8. The van der Waals surface area contributed by atoms with Crippen LogP contribution < -0.4 is 10.1 Å². The summed E-state index contributed by atoms with van der Waals surface area (Å²) in [4.78, 5) is 1.24. The van der Waals surface area contributed by atoms with E-state index in [0.717, 1.165) is 43.3 Å². The van der Waals surface area contributed by atoms with E-state index in [2.05, 4.69) is 36.5 Å². The fourth-order valence-electron chi connectivity index (χ4n) is 2.57. The lowest BCUT2D eigenvalue weighted by Gasteiger charge is -2.32. The monoisotopic (exact) mass is 291 g/mol. The normalized spacial score (nSPS) is 22.4. The van der Waals surface area contributed by atoms with Crippen molar-refractivity contribution in [1.29, 1.82) is 0 Å². The summed E-state index contributed by atoms with van der Waals surface area (Å²) in [5, 5.41) is 3.58. The maximum absolute atomic E-state index is 6.20. The number of nitrogens with one attached hydrogen (secondary N) is 1. The summed E-state index contributed by atoms with van der Waals surface area (Å²) in [6.07, 6.45) is 4.45. The van der Waals surface area contributed by atoms with Crippen molar-refractivity contribution in [2.24, 2.45) is 0 Å². The highest BCUT2D eigenvalue weighted by atomic mass is 32.2. The van der Waals surface area contributed by atoms with Crippen molar-refractivity contribution in [1.82, 2.24) is 5.32 Å². The van der Waals surface area contributed by atoms with Crippen LogP contribution in [0.25, 0.3) is 0 Å². The van der Waals surface area contributed by atoms with Gasteiger partial charge in [-0.25, -0.2) is 0 Å². The Morgan fingerprint density at radius 1 is 1.40 bits per heavy atom. The molecule has 4 heteroatoms. The van der Waals surface area contributed by atoms with Crippen LogP contribution in [0.4, 0.5) is 0 Å². The summed E-state index contributed by atoms with van der Waals surface area (Å²) in [7, 11) is 0. The number of hydrogen-bond acceptors (Lipinski definition) is 4. The lowest BCUT2D eigenvalue weighted by molar-refractivity contribution is 0.132. The van der Waals surface area contributed by atoms with E-state index in [-0.39, 0.29) is 12.1 Å². The first-order valence-electron chi connectivity index (χ1n) is 7.33. The molecule has 0 aromatic heterocycles. The minimum Gasteiger partial charge on any atom is -0.496 e. The summed E-state index contributed by atoms with van der Waals surface area (Å²) in [6, 6.07) is 8.43. The standard InChI is InChI=1S/C16H21NO2S/c1-2-9-17-16(13-7-5-10-18-13)14-11-20-15-8-4-3-6-12(15)19-14/h3-4,6-8,14,16-17H,2,5,9-11H2,1H3. The van der Waals surface area contributed by atoms with E-state index >= 15 is 0 Å². The molecule has 0 aliphatic carbocycles. The zero-order valence-corrected chi connectivity index (χ0v) is 12.6. The van der Waals surface area contributed by atoms with Crippen molar-refractivity contribution in [3.05, 3.63) is 36.1 Å². The summed E-state index contributed by atoms with van der Waals surface area (Å²) in [6.45, 7) is 3.97. The molecule has 0 fully saturated rings. The fraction of sp³-hybridized carbons (Fsp3) is 0.500. The molecule has 3 rings (SSSR count). The number of benzene rings is 1. The summed E-state index contributed by atoms with van der Waals surface area (Å²) in [5.41, 5.74) is 0. The zero-order valence-electron chi connectivity index (χ0n) is 11.8. The molecule has 2 unspecified atom stereocenters. The second kappa shape index (κ2) is 6.55. The Balaban J connectivity index is 1.75. The predicted molar refractivity (Wildman–Crippen MR) is 82.3 cm³/mol. The maximum Gasteiger partial charge on any atom is 0.133 e.